The van der Waals surface area contributed by atoms with Crippen LogP contribution in [-0.4, -0.2) is 40.7 Å². The lowest BCUT2D eigenvalue weighted by Crippen LogP contribution is -2.04. The van der Waals surface area contributed by atoms with E-state index in [-0.39, 0.29) is 6.61 Å². The zero-order valence-corrected chi connectivity index (χ0v) is 13.4. The number of benzene rings is 1. The van der Waals surface area contributed by atoms with E-state index in [0.717, 1.165) is 27.9 Å². The van der Waals surface area contributed by atoms with Gasteiger partial charge in [-0.05, 0) is 30.7 Å². The normalized spacial score (nSPS) is 11.0. The van der Waals surface area contributed by atoms with Gasteiger partial charge in [-0.2, -0.15) is 5.10 Å². The molecule has 0 amide bonds. The van der Waals surface area contributed by atoms with Crippen molar-refractivity contribution in [1.82, 2.24) is 14.8 Å². The van der Waals surface area contributed by atoms with Gasteiger partial charge in [-0.3, -0.25) is 0 Å². The first-order chi connectivity index (χ1) is 11.2. The smallest absolute Gasteiger partial charge is 0.161 e. The summed E-state index contributed by atoms with van der Waals surface area (Å²) in [6.45, 7) is 2.42. The fraction of sp³-hybridized carbons (Fsp3) is 0.294. The molecule has 2 aromatic heterocycles. The van der Waals surface area contributed by atoms with E-state index in [1.54, 1.807) is 25.1 Å². The van der Waals surface area contributed by atoms with Crippen LogP contribution < -0.4 is 9.47 Å². The molecule has 3 rings (SSSR count). The first kappa shape index (κ1) is 15.3. The molecule has 0 radical (unpaired) electrons. The Hall–Kier alpha value is -2.60. The Balaban J connectivity index is 2.08. The highest BCUT2D eigenvalue weighted by Crippen LogP contribution is 2.33. The van der Waals surface area contributed by atoms with Crippen LogP contribution in [0.25, 0.3) is 22.2 Å². The molecule has 6 heteroatoms. The number of nitrogens with zero attached hydrogens (tertiary/aromatic N) is 3. The monoisotopic (exact) mass is 313 g/mol. The SMILES string of the molecule is COc1ccc(-c2cnc3c(c2)c(C)nn3CCO)cc1OC. The number of rotatable bonds is 5. The van der Waals surface area contributed by atoms with Crippen molar-refractivity contribution in [2.45, 2.75) is 13.5 Å². The molecule has 0 aliphatic rings. The lowest BCUT2D eigenvalue weighted by Gasteiger charge is -2.09. The molecule has 1 N–H and O–H groups in total. The zero-order valence-electron chi connectivity index (χ0n) is 13.4. The number of aromatic nitrogens is 3. The van der Waals surface area contributed by atoms with Gasteiger partial charge in [0.1, 0.15) is 0 Å². The Kier molecular flexibility index (Phi) is 4.16. The molecule has 0 saturated heterocycles. The number of hydrogen-bond acceptors (Lipinski definition) is 5. The van der Waals surface area contributed by atoms with E-state index in [1.165, 1.54) is 0 Å². The topological polar surface area (TPSA) is 69.4 Å². The van der Waals surface area contributed by atoms with Gasteiger partial charge < -0.3 is 14.6 Å². The summed E-state index contributed by atoms with van der Waals surface area (Å²) in [6, 6.07) is 7.83. The molecule has 0 aliphatic heterocycles. The average molecular weight is 313 g/mol. The summed E-state index contributed by atoms with van der Waals surface area (Å²) in [6.07, 6.45) is 1.80. The van der Waals surface area contributed by atoms with Crippen LogP contribution in [0, 0.1) is 6.92 Å². The molecule has 0 bridgehead atoms. The number of fused-ring (bicyclic) bond motifs is 1. The minimum Gasteiger partial charge on any atom is -0.493 e. The lowest BCUT2D eigenvalue weighted by atomic mass is 10.1. The van der Waals surface area contributed by atoms with Crippen LogP contribution in [-0.2, 0) is 6.54 Å². The van der Waals surface area contributed by atoms with Crippen molar-refractivity contribution in [1.29, 1.82) is 0 Å². The van der Waals surface area contributed by atoms with Gasteiger partial charge in [0.2, 0.25) is 0 Å². The number of aliphatic hydroxyl groups is 1. The third-order valence-electron chi connectivity index (χ3n) is 3.80. The van der Waals surface area contributed by atoms with E-state index >= 15 is 0 Å². The number of aliphatic hydroxyl groups excluding tert-OH is 1. The van der Waals surface area contributed by atoms with E-state index in [4.69, 9.17) is 14.6 Å². The first-order valence-corrected chi connectivity index (χ1v) is 7.34. The molecular weight excluding hydrogens is 294 g/mol. The van der Waals surface area contributed by atoms with Crippen LogP contribution in [0.15, 0.2) is 30.5 Å². The summed E-state index contributed by atoms with van der Waals surface area (Å²) in [4.78, 5) is 4.51. The maximum atomic E-state index is 9.11. The van der Waals surface area contributed by atoms with Crippen molar-refractivity contribution in [2.75, 3.05) is 20.8 Å². The fourth-order valence-electron chi connectivity index (χ4n) is 2.64. The Morgan fingerprint density at radius 2 is 1.87 bits per heavy atom. The van der Waals surface area contributed by atoms with Gasteiger partial charge in [-0.1, -0.05) is 6.07 Å². The maximum absolute atomic E-state index is 9.11. The van der Waals surface area contributed by atoms with E-state index < -0.39 is 0 Å². The Bertz CT molecular complexity index is 842. The van der Waals surface area contributed by atoms with Gasteiger partial charge in [0.05, 0.1) is 33.1 Å². The second-order valence-corrected chi connectivity index (χ2v) is 5.20. The predicted molar refractivity (Wildman–Crippen MR) is 87.9 cm³/mol. The predicted octanol–water partition coefficient (Wildman–Crippen LogP) is 2.42. The fourth-order valence-corrected chi connectivity index (χ4v) is 2.64. The molecule has 2 heterocycles. The molecule has 0 saturated carbocycles. The Labute approximate surface area is 134 Å². The van der Waals surface area contributed by atoms with Crippen molar-refractivity contribution in [2.24, 2.45) is 0 Å². The van der Waals surface area contributed by atoms with Crippen molar-refractivity contribution >= 4 is 11.0 Å². The number of hydrogen-bond donors (Lipinski definition) is 1. The highest BCUT2D eigenvalue weighted by Gasteiger charge is 2.11. The summed E-state index contributed by atoms with van der Waals surface area (Å²) in [5.74, 6) is 1.37. The van der Waals surface area contributed by atoms with Crippen LogP contribution in [0.3, 0.4) is 0 Å². The highest BCUT2D eigenvalue weighted by atomic mass is 16.5. The van der Waals surface area contributed by atoms with Gasteiger partial charge in [-0.25, -0.2) is 9.67 Å². The molecule has 1 aromatic carbocycles. The third kappa shape index (κ3) is 2.73. The van der Waals surface area contributed by atoms with Gasteiger partial charge >= 0.3 is 0 Å². The van der Waals surface area contributed by atoms with E-state index in [2.05, 4.69) is 16.1 Å². The van der Waals surface area contributed by atoms with Gasteiger partial charge in [0.15, 0.2) is 17.1 Å². The molecule has 0 fully saturated rings. The molecule has 0 spiro atoms. The zero-order chi connectivity index (χ0) is 16.4. The molecule has 6 nitrogen and oxygen atoms in total. The van der Waals surface area contributed by atoms with Gasteiger partial charge in [0.25, 0.3) is 0 Å². The number of aryl methyl sites for hydroxylation is 1. The number of ether oxygens (including phenoxy) is 2. The van der Waals surface area contributed by atoms with E-state index in [1.807, 2.05) is 25.1 Å². The molecule has 3 aromatic rings. The summed E-state index contributed by atoms with van der Waals surface area (Å²) in [5, 5.41) is 14.5. The van der Waals surface area contributed by atoms with Crippen molar-refractivity contribution in [3.63, 3.8) is 0 Å². The van der Waals surface area contributed by atoms with E-state index in [9.17, 15) is 0 Å². The van der Waals surface area contributed by atoms with Crippen LogP contribution in [0.5, 0.6) is 11.5 Å². The molecule has 0 unspecified atom stereocenters. The maximum Gasteiger partial charge on any atom is 0.161 e. The second kappa shape index (κ2) is 6.26. The Morgan fingerprint density at radius 1 is 1.09 bits per heavy atom. The first-order valence-electron chi connectivity index (χ1n) is 7.34. The van der Waals surface area contributed by atoms with Crippen LogP contribution >= 0.6 is 0 Å². The second-order valence-electron chi connectivity index (χ2n) is 5.20. The van der Waals surface area contributed by atoms with E-state index in [0.29, 0.717) is 18.0 Å². The van der Waals surface area contributed by atoms with Gasteiger partial charge in [0, 0.05) is 17.1 Å². The minimum absolute atomic E-state index is 0.0370. The molecular formula is C17H19N3O3. The van der Waals surface area contributed by atoms with Crippen LogP contribution in [0.4, 0.5) is 0 Å². The molecule has 0 aliphatic carbocycles. The average Bonchev–Trinajstić information content (AvgIpc) is 2.90. The Morgan fingerprint density at radius 3 is 2.57 bits per heavy atom. The highest BCUT2D eigenvalue weighted by molar-refractivity contribution is 5.83. The quantitative estimate of drug-likeness (QED) is 0.783. The number of methoxy groups -OCH3 is 2. The molecule has 120 valence electrons. The minimum atomic E-state index is 0.0370. The molecule has 23 heavy (non-hydrogen) atoms. The third-order valence-corrected chi connectivity index (χ3v) is 3.80. The van der Waals surface area contributed by atoms with Crippen molar-refractivity contribution in [3.8, 4) is 22.6 Å². The van der Waals surface area contributed by atoms with Crippen molar-refractivity contribution < 1.29 is 14.6 Å². The summed E-state index contributed by atoms with van der Waals surface area (Å²) < 4.78 is 12.4. The largest absolute Gasteiger partial charge is 0.493 e. The van der Waals surface area contributed by atoms with Gasteiger partial charge in [-0.15, -0.1) is 0 Å². The molecule has 0 atom stereocenters. The van der Waals surface area contributed by atoms with Crippen molar-refractivity contribution in [3.05, 3.63) is 36.2 Å². The number of pyridine rings is 1. The lowest BCUT2D eigenvalue weighted by molar-refractivity contribution is 0.271. The summed E-state index contributed by atoms with van der Waals surface area (Å²) in [7, 11) is 3.23. The van der Waals surface area contributed by atoms with Crippen LogP contribution in [0.1, 0.15) is 5.69 Å². The summed E-state index contributed by atoms with van der Waals surface area (Å²) >= 11 is 0. The standard InChI is InChI=1S/C17H19N3O3/c1-11-14-8-13(10-18-17(14)20(19-11)6-7-21)12-4-5-15(22-2)16(9-12)23-3/h4-5,8-10,21H,6-7H2,1-3H3. The summed E-state index contributed by atoms with van der Waals surface area (Å²) in [5.41, 5.74) is 3.64. The van der Waals surface area contributed by atoms with Crippen LogP contribution in [0.2, 0.25) is 0 Å².